The van der Waals surface area contributed by atoms with Gasteiger partial charge in [0, 0.05) is 30.1 Å². The summed E-state index contributed by atoms with van der Waals surface area (Å²) in [7, 11) is 1.70. The molecule has 2 atom stereocenters. The van der Waals surface area contributed by atoms with E-state index < -0.39 is 0 Å². The quantitative estimate of drug-likeness (QED) is 0.342. The molecule has 2 fully saturated rings. The molecule has 1 aromatic heterocycles. The van der Waals surface area contributed by atoms with E-state index in [1.807, 2.05) is 24.3 Å². The zero-order valence-electron chi connectivity index (χ0n) is 21.3. The third-order valence-electron chi connectivity index (χ3n) is 7.89. The van der Waals surface area contributed by atoms with Crippen molar-refractivity contribution in [3.05, 3.63) is 53.1 Å². The number of anilines is 3. The summed E-state index contributed by atoms with van der Waals surface area (Å²) in [5.74, 6) is 1.82. The number of nitrogens with zero attached hydrogens (tertiary/aromatic N) is 4. The number of benzene rings is 2. The SMILES string of the molecule is COc1ccc(C(C)N[C@@H]2CCCC23CCN(c2nnc(Sc4cccc(N)c4Cl)c(N)n2)CC3)cc1. The predicted octanol–water partition coefficient (Wildman–Crippen LogP) is 5.34. The fraction of sp³-hybridized carbons (Fsp3) is 0.444. The van der Waals surface area contributed by atoms with Gasteiger partial charge in [-0.2, -0.15) is 4.98 Å². The van der Waals surface area contributed by atoms with E-state index in [0.717, 1.165) is 36.6 Å². The van der Waals surface area contributed by atoms with Gasteiger partial charge in [0.05, 0.1) is 17.8 Å². The van der Waals surface area contributed by atoms with Crippen molar-refractivity contribution in [2.45, 2.75) is 61.0 Å². The Morgan fingerprint density at radius 1 is 1.11 bits per heavy atom. The second kappa shape index (κ2) is 10.9. The van der Waals surface area contributed by atoms with E-state index in [2.05, 4.69) is 44.5 Å². The lowest BCUT2D eigenvalue weighted by atomic mass is 9.73. The molecule has 0 radical (unpaired) electrons. The van der Waals surface area contributed by atoms with Crippen molar-refractivity contribution in [1.29, 1.82) is 0 Å². The largest absolute Gasteiger partial charge is 0.497 e. The molecular formula is C27H34ClN7OS. The Kier molecular flexibility index (Phi) is 7.65. The lowest BCUT2D eigenvalue weighted by molar-refractivity contribution is 0.163. The Hall–Kier alpha value is -2.75. The highest BCUT2D eigenvalue weighted by Gasteiger charge is 2.45. The molecule has 2 aliphatic rings. The molecule has 1 saturated heterocycles. The van der Waals surface area contributed by atoms with Gasteiger partial charge in [0.25, 0.3) is 0 Å². The number of nitrogen functional groups attached to an aromatic ring is 2. The number of halogens is 1. The van der Waals surface area contributed by atoms with Crippen molar-refractivity contribution in [3.63, 3.8) is 0 Å². The van der Waals surface area contributed by atoms with E-state index in [9.17, 15) is 0 Å². The monoisotopic (exact) mass is 539 g/mol. The molecule has 0 amide bonds. The van der Waals surface area contributed by atoms with Crippen LogP contribution in [0.5, 0.6) is 5.75 Å². The van der Waals surface area contributed by atoms with Crippen LogP contribution in [0.3, 0.4) is 0 Å². The molecule has 1 aliphatic carbocycles. The van der Waals surface area contributed by atoms with Gasteiger partial charge in [-0.25, -0.2) is 0 Å². The number of nitrogens with two attached hydrogens (primary N) is 2. The molecule has 0 bridgehead atoms. The van der Waals surface area contributed by atoms with Crippen molar-refractivity contribution < 1.29 is 4.74 Å². The van der Waals surface area contributed by atoms with E-state index >= 15 is 0 Å². The minimum atomic E-state index is 0.287. The summed E-state index contributed by atoms with van der Waals surface area (Å²) < 4.78 is 5.31. The maximum atomic E-state index is 6.32. The topological polar surface area (TPSA) is 115 Å². The van der Waals surface area contributed by atoms with E-state index in [-0.39, 0.29) is 6.04 Å². The fourth-order valence-electron chi connectivity index (χ4n) is 5.68. The van der Waals surface area contributed by atoms with Crippen molar-refractivity contribution >= 4 is 40.8 Å². The first-order chi connectivity index (χ1) is 17.9. The molecule has 2 heterocycles. The lowest BCUT2D eigenvalue weighted by Crippen LogP contribution is -2.49. The third kappa shape index (κ3) is 5.44. The summed E-state index contributed by atoms with van der Waals surface area (Å²) in [4.78, 5) is 7.58. The molecule has 196 valence electrons. The Bertz CT molecular complexity index is 1230. The molecule has 5 N–H and O–H groups in total. The molecule has 1 unspecified atom stereocenters. The van der Waals surface area contributed by atoms with Gasteiger partial charge in [0.2, 0.25) is 5.95 Å². The molecule has 3 aromatic rings. The summed E-state index contributed by atoms with van der Waals surface area (Å²) in [5.41, 5.74) is 14.3. The number of ether oxygens (including phenoxy) is 1. The summed E-state index contributed by atoms with van der Waals surface area (Å²) in [5, 5.41) is 13.7. The maximum absolute atomic E-state index is 6.32. The number of methoxy groups -OCH3 is 1. The molecule has 37 heavy (non-hydrogen) atoms. The van der Waals surface area contributed by atoms with Crippen LogP contribution in [0.4, 0.5) is 17.5 Å². The molecule has 2 aromatic carbocycles. The van der Waals surface area contributed by atoms with Crippen LogP contribution in [-0.4, -0.2) is 41.4 Å². The van der Waals surface area contributed by atoms with Crippen LogP contribution < -0.4 is 26.4 Å². The second-order valence-electron chi connectivity index (χ2n) is 10.0. The van der Waals surface area contributed by atoms with E-state index in [1.54, 1.807) is 13.2 Å². The van der Waals surface area contributed by atoms with Gasteiger partial charge in [-0.3, -0.25) is 0 Å². The lowest BCUT2D eigenvalue weighted by Gasteiger charge is -2.44. The average molecular weight is 540 g/mol. The van der Waals surface area contributed by atoms with Crippen molar-refractivity contribution in [2.75, 3.05) is 36.6 Å². The molecule has 1 aliphatic heterocycles. The van der Waals surface area contributed by atoms with Gasteiger partial charge < -0.3 is 26.4 Å². The van der Waals surface area contributed by atoms with Gasteiger partial charge in [-0.05, 0) is 67.9 Å². The van der Waals surface area contributed by atoms with Gasteiger partial charge in [-0.15, -0.1) is 10.2 Å². The number of hydrogen-bond donors (Lipinski definition) is 3. The zero-order valence-corrected chi connectivity index (χ0v) is 22.9. The first-order valence-corrected chi connectivity index (χ1v) is 13.9. The predicted molar refractivity (Wildman–Crippen MR) is 150 cm³/mol. The molecule has 10 heteroatoms. The number of hydrogen-bond acceptors (Lipinski definition) is 9. The molecule has 8 nitrogen and oxygen atoms in total. The Morgan fingerprint density at radius 2 is 1.86 bits per heavy atom. The zero-order chi connectivity index (χ0) is 26.0. The number of rotatable bonds is 7. The number of piperidine rings is 1. The maximum Gasteiger partial charge on any atom is 0.247 e. The van der Waals surface area contributed by atoms with Crippen molar-refractivity contribution in [1.82, 2.24) is 20.5 Å². The van der Waals surface area contributed by atoms with Crippen LogP contribution in [0.1, 0.15) is 50.6 Å². The smallest absolute Gasteiger partial charge is 0.247 e. The Morgan fingerprint density at radius 3 is 2.57 bits per heavy atom. The van der Waals surface area contributed by atoms with E-state index in [1.165, 1.54) is 36.6 Å². The highest BCUT2D eigenvalue weighted by atomic mass is 35.5. The second-order valence-corrected chi connectivity index (χ2v) is 11.4. The van der Waals surface area contributed by atoms with E-state index in [4.69, 9.17) is 27.8 Å². The van der Waals surface area contributed by atoms with Gasteiger partial charge in [0.1, 0.15) is 5.75 Å². The average Bonchev–Trinajstić information content (AvgIpc) is 3.29. The van der Waals surface area contributed by atoms with Crippen LogP contribution in [0.2, 0.25) is 5.02 Å². The normalized spacial score (nSPS) is 19.8. The van der Waals surface area contributed by atoms with E-state index in [0.29, 0.717) is 39.0 Å². The van der Waals surface area contributed by atoms with Gasteiger partial charge in [0.15, 0.2) is 10.8 Å². The number of nitrogens with one attached hydrogen (secondary N) is 1. The minimum absolute atomic E-state index is 0.287. The highest BCUT2D eigenvalue weighted by Crippen LogP contribution is 2.47. The summed E-state index contributed by atoms with van der Waals surface area (Å²) in [6.45, 7) is 4.04. The summed E-state index contributed by atoms with van der Waals surface area (Å²) in [6.07, 6.45) is 5.92. The Labute approximate surface area is 227 Å². The molecule has 1 spiro atoms. The standard InChI is InChI=1S/C27H34ClN7OS/c1-17(18-8-10-19(36-2)11-9-18)31-22-7-4-12-27(22)13-15-35(16-14-27)26-32-24(30)25(33-34-26)37-21-6-3-5-20(29)23(21)28/h3,5-6,8-11,17,22,31H,4,7,12-16,29H2,1-2H3,(H2,30,32,34)/t17?,22-/m1/s1. The third-order valence-corrected chi connectivity index (χ3v) is 9.46. The van der Waals surface area contributed by atoms with Crippen LogP contribution in [0.15, 0.2) is 52.4 Å². The van der Waals surface area contributed by atoms with Crippen LogP contribution in [-0.2, 0) is 0 Å². The van der Waals surface area contributed by atoms with Crippen molar-refractivity contribution in [2.24, 2.45) is 5.41 Å². The fourth-order valence-corrected chi connectivity index (χ4v) is 6.71. The first-order valence-electron chi connectivity index (χ1n) is 12.8. The highest BCUT2D eigenvalue weighted by molar-refractivity contribution is 7.99. The molecule has 5 rings (SSSR count). The minimum Gasteiger partial charge on any atom is -0.497 e. The summed E-state index contributed by atoms with van der Waals surface area (Å²) >= 11 is 7.65. The number of aromatic nitrogens is 3. The van der Waals surface area contributed by atoms with Crippen molar-refractivity contribution in [3.8, 4) is 5.75 Å². The van der Waals surface area contributed by atoms with Crippen LogP contribution in [0, 0.1) is 5.41 Å². The molecule has 1 saturated carbocycles. The van der Waals surface area contributed by atoms with Gasteiger partial charge in [-0.1, -0.05) is 48.0 Å². The van der Waals surface area contributed by atoms with Crippen LogP contribution >= 0.6 is 23.4 Å². The molecular weight excluding hydrogens is 506 g/mol. The first kappa shape index (κ1) is 25.9. The van der Waals surface area contributed by atoms with Gasteiger partial charge >= 0.3 is 0 Å². The Balaban J connectivity index is 1.22. The van der Waals surface area contributed by atoms with Crippen LogP contribution in [0.25, 0.3) is 0 Å². The summed E-state index contributed by atoms with van der Waals surface area (Å²) in [6, 6.07) is 14.6.